The van der Waals surface area contributed by atoms with E-state index in [4.69, 9.17) is 5.73 Å². The van der Waals surface area contributed by atoms with Crippen LogP contribution in [0.2, 0.25) is 0 Å². The van der Waals surface area contributed by atoms with Gasteiger partial charge in [-0.15, -0.1) is 11.8 Å². The Morgan fingerprint density at radius 2 is 2.00 bits per heavy atom. The first-order chi connectivity index (χ1) is 7.03. The van der Waals surface area contributed by atoms with Crippen LogP contribution in [0, 0.1) is 0 Å². The standard InChI is InChI=1S/C11H15F2NS/c1-11(12,13)8-15-10-5-3-2-4-9(10)6-7-14/h2-5H,6-8,14H2,1H3. The molecule has 0 amide bonds. The van der Waals surface area contributed by atoms with Crippen LogP contribution in [0.1, 0.15) is 12.5 Å². The van der Waals surface area contributed by atoms with Gasteiger partial charge in [0.25, 0.3) is 5.92 Å². The molecule has 0 saturated carbocycles. The van der Waals surface area contributed by atoms with Crippen molar-refractivity contribution in [1.82, 2.24) is 0 Å². The van der Waals surface area contributed by atoms with Gasteiger partial charge in [0.05, 0.1) is 5.75 Å². The Balaban J connectivity index is 2.67. The third-order valence-electron chi connectivity index (χ3n) is 1.87. The molecule has 0 aliphatic rings. The molecule has 15 heavy (non-hydrogen) atoms. The Morgan fingerprint density at radius 3 is 2.60 bits per heavy atom. The quantitative estimate of drug-likeness (QED) is 0.788. The SMILES string of the molecule is CC(F)(F)CSc1ccccc1CCN. The van der Waals surface area contributed by atoms with Crippen molar-refractivity contribution in [2.24, 2.45) is 5.73 Å². The second-order valence-electron chi connectivity index (χ2n) is 3.51. The topological polar surface area (TPSA) is 26.0 Å². The summed E-state index contributed by atoms with van der Waals surface area (Å²) in [6, 6.07) is 7.56. The van der Waals surface area contributed by atoms with Crippen molar-refractivity contribution in [3.63, 3.8) is 0 Å². The van der Waals surface area contributed by atoms with E-state index in [0.717, 1.165) is 23.8 Å². The molecule has 0 unspecified atom stereocenters. The first-order valence-electron chi connectivity index (χ1n) is 4.81. The molecule has 0 aliphatic heterocycles. The van der Waals surface area contributed by atoms with E-state index in [1.54, 1.807) is 0 Å². The van der Waals surface area contributed by atoms with E-state index in [1.165, 1.54) is 11.8 Å². The van der Waals surface area contributed by atoms with Crippen molar-refractivity contribution < 1.29 is 8.78 Å². The number of nitrogens with two attached hydrogens (primary N) is 1. The molecule has 1 rings (SSSR count). The summed E-state index contributed by atoms with van der Waals surface area (Å²) in [5.41, 5.74) is 6.50. The van der Waals surface area contributed by atoms with Gasteiger partial charge in [0.1, 0.15) is 0 Å². The van der Waals surface area contributed by atoms with Gasteiger partial charge in [0, 0.05) is 11.8 Å². The molecule has 84 valence electrons. The summed E-state index contributed by atoms with van der Waals surface area (Å²) in [4.78, 5) is 0.907. The van der Waals surface area contributed by atoms with E-state index in [9.17, 15) is 8.78 Å². The van der Waals surface area contributed by atoms with Crippen molar-refractivity contribution in [2.45, 2.75) is 24.2 Å². The van der Waals surface area contributed by atoms with Gasteiger partial charge in [0.15, 0.2) is 0 Å². The minimum absolute atomic E-state index is 0.186. The summed E-state index contributed by atoms with van der Waals surface area (Å²) < 4.78 is 25.4. The van der Waals surface area contributed by atoms with Crippen LogP contribution in [0.4, 0.5) is 8.78 Å². The lowest BCUT2D eigenvalue weighted by Crippen LogP contribution is -2.13. The van der Waals surface area contributed by atoms with E-state index in [0.29, 0.717) is 6.54 Å². The summed E-state index contributed by atoms with van der Waals surface area (Å²) in [5.74, 6) is -2.81. The maximum absolute atomic E-state index is 12.7. The van der Waals surface area contributed by atoms with Crippen LogP contribution in [0.25, 0.3) is 0 Å². The lowest BCUT2D eigenvalue weighted by Gasteiger charge is -2.12. The van der Waals surface area contributed by atoms with Gasteiger partial charge < -0.3 is 5.73 Å². The minimum atomic E-state index is -2.62. The highest BCUT2D eigenvalue weighted by Gasteiger charge is 2.21. The molecule has 4 heteroatoms. The molecule has 0 saturated heterocycles. The Hall–Kier alpha value is -0.610. The van der Waals surface area contributed by atoms with E-state index in [-0.39, 0.29) is 5.75 Å². The predicted molar refractivity (Wildman–Crippen MR) is 60.5 cm³/mol. The summed E-state index contributed by atoms with van der Waals surface area (Å²) in [7, 11) is 0. The van der Waals surface area contributed by atoms with Gasteiger partial charge in [-0.3, -0.25) is 0 Å². The van der Waals surface area contributed by atoms with Crippen LogP contribution in [-0.4, -0.2) is 18.2 Å². The molecule has 0 bridgehead atoms. The molecule has 2 N–H and O–H groups in total. The number of thioether (sulfide) groups is 1. The third-order valence-corrected chi connectivity index (χ3v) is 3.23. The maximum atomic E-state index is 12.7. The number of benzene rings is 1. The fourth-order valence-electron chi connectivity index (χ4n) is 1.21. The summed E-state index contributed by atoms with van der Waals surface area (Å²) >= 11 is 1.19. The highest BCUT2D eigenvalue weighted by molar-refractivity contribution is 7.99. The normalized spacial score (nSPS) is 11.7. The molecule has 1 aromatic rings. The molecule has 0 heterocycles. The zero-order valence-electron chi connectivity index (χ0n) is 8.67. The van der Waals surface area contributed by atoms with Gasteiger partial charge in [0.2, 0.25) is 0 Å². The fourth-order valence-corrected chi connectivity index (χ4v) is 2.15. The van der Waals surface area contributed by atoms with Crippen LogP contribution in [0.5, 0.6) is 0 Å². The van der Waals surface area contributed by atoms with Crippen LogP contribution in [0.3, 0.4) is 0 Å². The third kappa shape index (κ3) is 4.62. The smallest absolute Gasteiger partial charge is 0.254 e. The first-order valence-corrected chi connectivity index (χ1v) is 5.80. The number of hydrogen-bond acceptors (Lipinski definition) is 2. The van der Waals surface area contributed by atoms with E-state index >= 15 is 0 Å². The fraction of sp³-hybridized carbons (Fsp3) is 0.455. The van der Waals surface area contributed by atoms with Crippen LogP contribution >= 0.6 is 11.8 Å². The van der Waals surface area contributed by atoms with Crippen molar-refractivity contribution in [3.05, 3.63) is 29.8 Å². The van der Waals surface area contributed by atoms with Crippen LogP contribution in [-0.2, 0) is 6.42 Å². The van der Waals surface area contributed by atoms with Gasteiger partial charge in [-0.1, -0.05) is 18.2 Å². The van der Waals surface area contributed by atoms with Crippen molar-refractivity contribution in [2.75, 3.05) is 12.3 Å². The second-order valence-corrected chi connectivity index (χ2v) is 4.52. The van der Waals surface area contributed by atoms with Gasteiger partial charge >= 0.3 is 0 Å². The number of rotatable bonds is 5. The molecule has 0 fully saturated rings. The highest BCUT2D eigenvalue weighted by atomic mass is 32.2. The Kier molecular flexibility index (Phi) is 4.54. The Morgan fingerprint density at radius 1 is 1.33 bits per heavy atom. The van der Waals surface area contributed by atoms with Crippen molar-refractivity contribution >= 4 is 11.8 Å². The van der Waals surface area contributed by atoms with Gasteiger partial charge in [-0.2, -0.15) is 0 Å². The van der Waals surface area contributed by atoms with E-state index < -0.39 is 5.92 Å². The molecule has 1 aromatic carbocycles. The Bertz CT molecular complexity index is 310. The summed E-state index contributed by atoms with van der Waals surface area (Å²) in [6.45, 7) is 1.48. The molecule has 0 aliphatic carbocycles. The number of halogens is 2. The number of hydrogen-bond donors (Lipinski definition) is 1. The number of alkyl halides is 2. The van der Waals surface area contributed by atoms with Gasteiger partial charge in [-0.05, 0) is 24.6 Å². The van der Waals surface area contributed by atoms with Crippen molar-refractivity contribution in [3.8, 4) is 0 Å². The zero-order chi connectivity index (χ0) is 11.3. The zero-order valence-corrected chi connectivity index (χ0v) is 9.49. The first kappa shape index (κ1) is 12.5. The average molecular weight is 231 g/mol. The highest BCUT2D eigenvalue weighted by Crippen LogP contribution is 2.28. The second kappa shape index (κ2) is 5.47. The largest absolute Gasteiger partial charge is 0.330 e. The van der Waals surface area contributed by atoms with Crippen molar-refractivity contribution in [1.29, 1.82) is 0 Å². The molecular weight excluding hydrogens is 216 g/mol. The predicted octanol–water partition coefficient (Wildman–Crippen LogP) is 2.94. The minimum Gasteiger partial charge on any atom is -0.330 e. The lowest BCUT2D eigenvalue weighted by atomic mass is 10.1. The average Bonchev–Trinajstić information content (AvgIpc) is 2.16. The molecule has 0 aromatic heterocycles. The van der Waals surface area contributed by atoms with Crippen LogP contribution in [0.15, 0.2) is 29.2 Å². The lowest BCUT2D eigenvalue weighted by molar-refractivity contribution is 0.0492. The monoisotopic (exact) mass is 231 g/mol. The molecule has 0 spiro atoms. The van der Waals surface area contributed by atoms with Gasteiger partial charge in [-0.25, -0.2) is 8.78 Å². The van der Waals surface area contributed by atoms with Crippen LogP contribution < -0.4 is 5.73 Å². The van der Waals surface area contributed by atoms with E-state index in [2.05, 4.69) is 0 Å². The van der Waals surface area contributed by atoms with E-state index in [1.807, 2.05) is 24.3 Å². The molecular formula is C11H15F2NS. The summed E-state index contributed by atoms with van der Waals surface area (Å²) in [5, 5.41) is 0. The molecule has 1 nitrogen and oxygen atoms in total. The maximum Gasteiger partial charge on any atom is 0.254 e. The Labute approximate surface area is 93.1 Å². The molecule has 0 atom stereocenters. The molecule has 0 radical (unpaired) electrons. The summed E-state index contributed by atoms with van der Waals surface area (Å²) in [6.07, 6.45) is 0.735.